The van der Waals surface area contributed by atoms with E-state index in [1.807, 2.05) is 38.1 Å². The van der Waals surface area contributed by atoms with Crippen molar-refractivity contribution in [3.05, 3.63) is 52.1 Å². The first-order chi connectivity index (χ1) is 13.1. The zero-order valence-corrected chi connectivity index (χ0v) is 16.9. The van der Waals surface area contributed by atoms with E-state index in [2.05, 4.69) is 6.08 Å². The lowest BCUT2D eigenvalue weighted by Gasteiger charge is -2.16. The van der Waals surface area contributed by atoms with Gasteiger partial charge >= 0.3 is 0 Å². The van der Waals surface area contributed by atoms with Crippen LogP contribution in [-0.4, -0.2) is 19.3 Å². The van der Waals surface area contributed by atoms with E-state index in [9.17, 15) is 9.18 Å². The van der Waals surface area contributed by atoms with Crippen LogP contribution in [0.4, 0.5) is 4.39 Å². The predicted octanol–water partition coefficient (Wildman–Crippen LogP) is 5.90. The van der Waals surface area contributed by atoms with Gasteiger partial charge in [-0.25, -0.2) is 4.39 Å². The second kappa shape index (κ2) is 11.3. The Kier molecular flexibility index (Phi) is 9.02. The first kappa shape index (κ1) is 21.6. The first-order valence-corrected chi connectivity index (χ1v) is 9.87. The summed E-state index contributed by atoms with van der Waals surface area (Å²) in [5.74, 6) is 1.08. The van der Waals surface area contributed by atoms with Crippen molar-refractivity contribution in [2.24, 2.45) is 5.92 Å². The van der Waals surface area contributed by atoms with Crippen molar-refractivity contribution in [3.63, 3.8) is 0 Å². The monoisotopic (exact) mass is 394 g/mol. The summed E-state index contributed by atoms with van der Waals surface area (Å²) in [7, 11) is 0. The summed E-state index contributed by atoms with van der Waals surface area (Å²) in [5.41, 5.74) is 2.66. The highest BCUT2D eigenvalue weighted by atomic mass is 35.5. The van der Waals surface area contributed by atoms with Gasteiger partial charge in [-0.1, -0.05) is 35.9 Å². The molecule has 1 unspecified atom stereocenters. The highest BCUT2D eigenvalue weighted by Crippen LogP contribution is 2.35. The average Bonchev–Trinajstić information content (AvgIpc) is 2.66. The van der Waals surface area contributed by atoms with Gasteiger partial charge in [-0.15, -0.1) is 0 Å². The average molecular weight is 395 g/mol. The number of ether oxygens (including phenoxy) is 2. The lowest BCUT2D eigenvalue weighted by Crippen LogP contribution is -2.12. The molecule has 0 spiro atoms. The minimum absolute atomic E-state index is 0.341. The third kappa shape index (κ3) is 6.47. The molecule has 5 heteroatoms. The minimum Gasteiger partial charge on any atom is -0.461 e. The molecule has 0 heterocycles. The van der Waals surface area contributed by atoms with Crippen LogP contribution in [-0.2, 0) is 22.6 Å². The molecule has 1 fully saturated rings. The molecular weight excluding hydrogens is 367 g/mol. The molecule has 1 aliphatic rings. The molecule has 1 atom stereocenters. The molecule has 0 aromatic heterocycles. The molecule has 0 amide bonds. The fourth-order valence-electron chi connectivity index (χ4n) is 3.28. The number of carbonyl (C=O) groups excluding carboxylic acids is 1. The minimum atomic E-state index is -0.920. The number of allylic oxidation sites excluding steroid dienone is 4. The molecule has 1 aromatic rings. The van der Waals surface area contributed by atoms with Gasteiger partial charge in [-0.05, 0) is 61.8 Å². The van der Waals surface area contributed by atoms with Gasteiger partial charge in [0.05, 0.1) is 11.6 Å². The lowest BCUT2D eigenvalue weighted by atomic mass is 9.88. The van der Waals surface area contributed by atoms with Gasteiger partial charge in [0.25, 0.3) is 0 Å². The Labute approximate surface area is 166 Å². The van der Waals surface area contributed by atoms with E-state index in [1.54, 1.807) is 0 Å². The fraction of sp³-hybridized carbons (Fsp3) is 0.500. The quantitative estimate of drug-likeness (QED) is 0.489. The molecule has 1 aliphatic carbocycles. The third-order valence-corrected chi connectivity index (χ3v) is 5.25. The number of rotatable bonds is 9. The maximum absolute atomic E-state index is 12.8. The van der Waals surface area contributed by atoms with E-state index < -0.39 is 6.86 Å². The van der Waals surface area contributed by atoms with Gasteiger partial charge in [-0.3, -0.25) is 4.79 Å². The summed E-state index contributed by atoms with van der Waals surface area (Å²) in [4.78, 5) is 11.5. The molecule has 0 radical (unpaired) electrons. The fourth-order valence-corrected chi connectivity index (χ4v) is 3.57. The van der Waals surface area contributed by atoms with Crippen LogP contribution < -0.4 is 4.74 Å². The number of hydrogen-bond donors (Lipinski definition) is 0. The largest absolute Gasteiger partial charge is 0.461 e. The second-order valence-corrected chi connectivity index (χ2v) is 7.14. The number of alkyl halides is 1. The summed E-state index contributed by atoms with van der Waals surface area (Å²) in [6.45, 7) is 3.98. The number of Topliss-reactive ketones (excluding diaryl/α,β-unsaturated/α-hetero) is 1. The molecule has 148 valence electrons. The number of benzene rings is 1. The highest BCUT2D eigenvalue weighted by molar-refractivity contribution is 6.33. The lowest BCUT2D eigenvalue weighted by molar-refractivity contribution is -0.121. The molecule has 1 saturated carbocycles. The highest BCUT2D eigenvalue weighted by Gasteiger charge is 2.17. The Hall–Kier alpha value is -1.65. The Morgan fingerprint density at radius 1 is 1.33 bits per heavy atom. The van der Waals surface area contributed by atoms with E-state index in [-0.39, 0.29) is 0 Å². The molecular formula is C22H28ClFO3. The number of carbonyl (C=O) groups is 1. The zero-order valence-electron chi connectivity index (χ0n) is 16.1. The van der Waals surface area contributed by atoms with Crippen molar-refractivity contribution < 1.29 is 18.7 Å². The molecule has 2 rings (SSSR count). The second-order valence-electron chi connectivity index (χ2n) is 6.77. The Morgan fingerprint density at radius 2 is 2.15 bits per heavy atom. The molecule has 3 nitrogen and oxygen atoms in total. The van der Waals surface area contributed by atoms with Crippen LogP contribution in [0.1, 0.15) is 49.3 Å². The smallest absolute Gasteiger partial charge is 0.228 e. The Balaban J connectivity index is 2.08. The van der Waals surface area contributed by atoms with Gasteiger partial charge in [0.2, 0.25) is 6.86 Å². The van der Waals surface area contributed by atoms with E-state index in [4.69, 9.17) is 21.1 Å². The molecule has 0 aliphatic heterocycles. The van der Waals surface area contributed by atoms with Crippen molar-refractivity contribution in [2.75, 3.05) is 13.5 Å². The summed E-state index contributed by atoms with van der Waals surface area (Å²) in [6.07, 6.45) is 12.0. The van der Waals surface area contributed by atoms with Gasteiger partial charge < -0.3 is 9.47 Å². The van der Waals surface area contributed by atoms with Crippen molar-refractivity contribution in [1.29, 1.82) is 0 Å². The van der Waals surface area contributed by atoms with Gasteiger partial charge in [0.1, 0.15) is 11.5 Å². The van der Waals surface area contributed by atoms with Crippen molar-refractivity contribution >= 4 is 17.4 Å². The number of hydrogen-bond acceptors (Lipinski definition) is 3. The van der Waals surface area contributed by atoms with Crippen LogP contribution in [0.2, 0.25) is 5.02 Å². The van der Waals surface area contributed by atoms with Crippen molar-refractivity contribution in [2.45, 2.75) is 52.6 Å². The molecule has 0 saturated heterocycles. The summed E-state index contributed by atoms with van der Waals surface area (Å²) >= 11 is 6.40. The number of halogens is 2. The summed E-state index contributed by atoms with van der Waals surface area (Å²) < 4.78 is 23.4. The third-order valence-electron chi connectivity index (χ3n) is 4.80. The van der Waals surface area contributed by atoms with Gasteiger partial charge in [0.15, 0.2) is 0 Å². The Morgan fingerprint density at radius 3 is 2.85 bits per heavy atom. The van der Waals surface area contributed by atoms with Crippen LogP contribution in [0.15, 0.2) is 30.4 Å². The molecule has 0 bridgehead atoms. The standard InChI is InChI=1S/C22H28ClFO3/c1-3-26-14-19-13-18(22(27-15-24)21(23)16(19)2)10-6-4-5-8-17-9-7-11-20(25)12-17/h4-6,8,13,17H,3,7,9-12,14-15H2,1-2H3/b6-4+,8-5+. The van der Waals surface area contributed by atoms with E-state index >= 15 is 0 Å². The Bertz CT molecular complexity index is 697. The molecule has 27 heavy (non-hydrogen) atoms. The van der Waals surface area contributed by atoms with Crippen molar-refractivity contribution in [3.8, 4) is 5.75 Å². The predicted molar refractivity (Wildman–Crippen MR) is 107 cm³/mol. The van der Waals surface area contributed by atoms with Crippen LogP contribution >= 0.6 is 11.6 Å². The topological polar surface area (TPSA) is 35.5 Å². The van der Waals surface area contributed by atoms with E-state index in [0.29, 0.717) is 48.5 Å². The van der Waals surface area contributed by atoms with Crippen LogP contribution in [0, 0.1) is 12.8 Å². The van der Waals surface area contributed by atoms with Crippen molar-refractivity contribution in [1.82, 2.24) is 0 Å². The normalized spacial score (nSPS) is 17.9. The SMILES string of the molecule is CCOCc1cc(C/C=C/C=C/C2CCCC(=O)C2)c(OCF)c(Cl)c1C. The van der Waals surface area contributed by atoms with E-state index in [0.717, 1.165) is 36.0 Å². The maximum atomic E-state index is 12.8. The van der Waals surface area contributed by atoms with E-state index in [1.165, 1.54) is 0 Å². The number of ketones is 1. The zero-order chi connectivity index (χ0) is 19.6. The van der Waals surface area contributed by atoms with Crippen LogP contribution in [0.25, 0.3) is 0 Å². The first-order valence-electron chi connectivity index (χ1n) is 9.49. The summed E-state index contributed by atoms with van der Waals surface area (Å²) in [5, 5.41) is 0.435. The van der Waals surface area contributed by atoms with Crippen LogP contribution in [0.5, 0.6) is 5.75 Å². The van der Waals surface area contributed by atoms with Crippen LogP contribution in [0.3, 0.4) is 0 Å². The summed E-state index contributed by atoms with van der Waals surface area (Å²) in [6, 6.07) is 1.97. The molecule has 1 aromatic carbocycles. The maximum Gasteiger partial charge on any atom is 0.228 e. The molecule has 0 N–H and O–H groups in total. The van der Waals surface area contributed by atoms with Gasteiger partial charge in [-0.2, -0.15) is 0 Å². The van der Waals surface area contributed by atoms with Gasteiger partial charge in [0, 0.05) is 19.4 Å².